The molecule has 0 saturated heterocycles. The second-order valence-electron chi connectivity index (χ2n) is 3.72. The predicted octanol–water partition coefficient (Wildman–Crippen LogP) is 2.89. The number of ether oxygens (including phenoxy) is 1. The molecule has 92 valence electrons. The van der Waals surface area contributed by atoms with Crippen LogP contribution in [0.4, 0.5) is 4.39 Å². The number of benzene rings is 2. The van der Waals surface area contributed by atoms with Gasteiger partial charge in [-0.3, -0.25) is 0 Å². The zero-order valence-corrected chi connectivity index (χ0v) is 9.47. The van der Waals surface area contributed by atoms with Crippen LogP contribution < -0.4 is 0 Å². The molecule has 1 N–H and O–H groups in total. The zero-order chi connectivity index (χ0) is 13.0. The molecule has 0 bridgehead atoms. The summed E-state index contributed by atoms with van der Waals surface area (Å²) in [5.74, 6) is -1.71. The summed E-state index contributed by atoms with van der Waals surface area (Å²) >= 11 is 0. The molecule has 0 spiro atoms. The number of esters is 1. The summed E-state index contributed by atoms with van der Waals surface area (Å²) in [6.07, 6.45) is 0. The lowest BCUT2D eigenvalue weighted by Crippen LogP contribution is -2.05. The van der Waals surface area contributed by atoms with Gasteiger partial charge in [-0.1, -0.05) is 30.3 Å². The number of carbonyl (C=O) groups is 1. The molecular formula is C14H11FO3. The maximum atomic E-state index is 12.7. The van der Waals surface area contributed by atoms with Crippen molar-refractivity contribution >= 4 is 5.97 Å². The number of carbonyl (C=O) groups excluding carboxylic acids is 1. The van der Waals surface area contributed by atoms with Crippen molar-refractivity contribution in [1.29, 1.82) is 0 Å². The molecule has 2 aromatic carbocycles. The highest BCUT2D eigenvalue weighted by Crippen LogP contribution is 2.19. The molecule has 0 aliphatic carbocycles. The number of halogens is 1. The Labute approximate surface area is 103 Å². The lowest BCUT2D eigenvalue weighted by Gasteiger charge is -2.06. The van der Waals surface area contributed by atoms with Gasteiger partial charge in [0.25, 0.3) is 0 Å². The summed E-state index contributed by atoms with van der Waals surface area (Å²) in [5.41, 5.74) is 0.791. The van der Waals surface area contributed by atoms with E-state index in [0.717, 1.165) is 17.7 Å². The molecule has 0 atom stereocenters. The van der Waals surface area contributed by atoms with Crippen molar-refractivity contribution in [1.82, 2.24) is 0 Å². The summed E-state index contributed by atoms with van der Waals surface area (Å²) in [5, 5.41) is 9.42. The molecule has 0 aromatic heterocycles. The van der Waals surface area contributed by atoms with Crippen LogP contribution in [0.5, 0.6) is 5.75 Å². The molecule has 2 aromatic rings. The molecule has 0 fully saturated rings. The Kier molecular flexibility index (Phi) is 3.57. The van der Waals surface area contributed by atoms with Crippen LogP contribution in [-0.2, 0) is 11.3 Å². The largest absolute Gasteiger partial charge is 0.507 e. The van der Waals surface area contributed by atoms with Crippen molar-refractivity contribution < 1.29 is 19.0 Å². The Morgan fingerprint density at radius 2 is 1.89 bits per heavy atom. The molecule has 0 heterocycles. The average molecular weight is 246 g/mol. The highest BCUT2D eigenvalue weighted by molar-refractivity contribution is 5.92. The van der Waals surface area contributed by atoms with Gasteiger partial charge in [0, 0.05) is 6.07 Å². The molecule has 2 rings (SSSR count). The molecule has 0 aliphatic heterocycles. The third kappa shape index (κ3) is 2.85. The van der Waals surface area contributed by atoms with E-state index in [4.69, 9.17) is 4.74 Å². The van der Waals surface area contributed by atoms with Crippen molar-refractivity contribution in [2.45, 2.75) is 6.61 Å². The smallest absolute Gasteiger partial charge is 0.342 e. The fraction of sp³-hybridized carbons (Fsp3) is 0.0714. The van der Waals surface area contributed by atoms with E-state index in [1.54, 1.807) is 0 Å². The average Bonchev–Trinajstić information content (AvgIpc) is 2.37. The van der Waals surface area contributed by atoms with E-state index in [1.807, 2.05) is 30.3 Å². The fourth-order valence-corrected chi connectivity index (χ4v) is 1.48. The van der Waals surface area contributed by atoms with E-state index in [9.17, 15) is 14.3 Å². The van der Waals surface area contributed by atoms with Crippen LogP contribution in [0.1, 0.15) is 15.9 Å². The SMILES string of the molecule is O=C(OCc1ccccc1)c1ccc(F)cc1O. The van der Waals surface area contributed by atoms with Crippen LogP contribution in [0, 0.1) is 5.82 Å². The number of phenols is 1. The van der Waals surface area contributed by atoms with Gasteiger partial charge >= 0.3 is 5.97 Å². The van der Waals surface area contributed by atoms with Crippen molar-refractivity contribution in [2.75, 3.05) is 0 Å². The Bertz CT molecular complexity index is 552. The third-order valence-corrected chi connectivity index (χ3v) is 2.39. The van der Waals surface area contributed by atoms with Crippen LogP contribution in [0.25, 0.3) is 0 Å². The van der Waals surface area contributed by atoms with Gasteiger partial charge in [-0.25, -0.2) is 9.18 Å². The standard InChI is InChI=1S/C14H11FO3/c15-11-6-7-12(13(16)8-11)14(17)18-9-10-4-2-1-3-5-10/h1-8,16H,9H2. The Balaban J connectivity index is 2.04. The van der Waals surface area contributed by atoms with Crippen molar-refractivity contribution in [3.05, 3.63) is 65.5 Å². The Morgan fingerprint density at radius 3 is 2.56 bits per heavy atom. The first-order valence-electron chi connectivity index (χ1n) is 5.36. The number of hydrogen-bond acceptors (Lipinski definition) is 3. The minimum Gasteiger partial charge on any atom is -0.507 e. The Hall–Kier alpha value is -2.36. The second kappa shape index (κ2) is 5.31. The van der Waals surface area contributed by atoms with Crippen molar-refractivity contribution in [3.8, 4) is 5.75 Å². The highest BCUT2D eigenvalue weighted by Gasteiger charge is 2.13. The lowest BCUT2D eigenvalue weighted by molar-refractivity contribution is 0.0469. The van der Waals surface area contributed by atoms with E-state index in [-0.39, 0.29) is 12.2 Å². The van der Waals surface area contributed by atoms with E-state index in [1.165, 1.54) is 6.07 Å². The van der Waals surface area contributed by atoms with Crippen molar-refractivity contribution in [3.63, 3.8) is 0 Å². The van der Waals surface area contributed by atoms with Gasteiger partial charge < -0.3 is 9.84 Å². The normalized spacial score (nSPS) is 10.1. The molecular weight excluding hydrogens is 235 g/mol. The monoisotopic (exact) mass is 246 g/mol. The van der Waals surface area contributed by atoms with Gasteiger partial charge in [0.05, 0.1) is 0 Å². The summed E-state index contributed by atoms with van der Waals surface area (Å²) in [7, 11) is 0. The van der Waals surface area contributed by atoms with Gasteiger partial charge in [0.1, 0.15) is 23.7 Å². The maximum absolute atomic E-state index is 12.7. The van der Waals surface area contributed by atoms with E-state index in [0.29, 0.717) is 0 Å². The number of hydrogen-bond donors (Lipinski definition) is 1. The maximum Gasteiger partial charge on any atom is 0.342 e. The lowest BCUT2D eigenvalue weighted by atomic mass is 10.2. The van der Waals surface area contributed by atoms with Gasteiger partial charge in [0.2, 0.25) is 0 Å². The van der Waals surface area contributed by atoms with Crippen LogP contribution in [0.2, 0.25) is 0 Å². The first kappa shape index (κ1) is 12.1. The molecule has 0 aliphatic rings. The molecule has 4 heteroatoms. The number of phenolic OH excluding ortho intramolecular Hbond substituents is 1. The Morgan fingerprint density at radius 1 is 1.17 bits per heavy atom. The first-order chi connectivity index (χ1) is 8.66. The second-order valence-corrected chi connectivity index (χ2v) is 3.72. The molecule has 0 amide bonds. The number of rotatable bonds is 3. The first-order valence-corrected chi connectivity index (χ1v) is 5.36. The summed E-state index contributed by atoms with van der Waals surface area (Å²) < 4.78 is 17.8. The summed E-state index contributed by atoms with van der Waals surface area (Å²) in [6.45, 7) is 0.108. The summed E-state index contributed by atoms with van der Waals surface area (Å²) in [6, 6.07) is 12.3. The molecule has 0 radical (unpaired) electrons. The topological polar surface area (TPSA) is 46.5 Å². The van der Waals surface area contributed by atoms with Gasteiger partial charge in [0.15, 0.2) is 0 Å². The van der Waals surface area contributed by atoms with Gasteiger partial charge in [-0.05, 0) is 17.7 Å². The van der Waals surface area contributed by atoms with E-state index >= 15 is 0 Å². The predicted molar refractivity (Wildman–Crippen MR) is 63.6 cm³/mol. The van der Waals surface area contributed by atoms with E-state index < -0.39 is 17.5 Å². The zero-order valence-electron chi connectivity index (χ0n) is 9.47. The number of aromatic hydroxyl groups is 1. The minimum atomic E-state index is -0.684. The van der Waals surface area contributed by atoms with Crippen molar-refractivity contribution in [2.24, 2.45) is 0 Å². The molecule has 18 heavy (non-hydrogen) atoms. The summed E-state index contributed by atoms with van der Waals surface area (Å²) in [4.78, 5) is 11.6. The van der Waals surface area contributed by atoms with E-state index in [2.05, 4.69) is 0 Å². The van der Waals surface area contributed by atoms with Crippen LogP contribution in [0.3, 0.4) is 0 Å². The van der Waals surface area contributed by atoms with Crippen LogP contribution in [0.15, 0.2) is 48.5 Å². The van der Waals surface area contributed by atoms with Crippen LogP contribution >= 0.6 is 0 Å². The quantitative estimate of drug-likeness (QED) is 0.847. The molecule has 0 saturated carbocycles. The molecule has 3 nitrogen and oxygen atoms in total. The van der Waals surface area contributed by atoms with Gasteiger partial charge in [-0.2, -0.15) is 0 Å². The molecule has 0 unspecified atom stereocenters. The third-order valence-electron chi connectivity index (χ3n) is 2.39. The fourth-order valence-electron chi connectivity index (χ4n) is 1.48. The van der Waals surface area contributed by atoms with Crippen LogP contribution in [-0.4, -0.2) is 11.1 Å². The minimum absolute atomic E-state index is 0.0488. The highest BCUT2D eigenvalue weighted by atomic mass is 19.1. The van der Waals surface area contributed by atoms with Gasteiger partial charge in [-0.15, -0.1) is 0 Å².